The van der Waals surface area contributed by atoms with Crippen LogP contribution in [0.2, 0.25) is 5.02 Å². The highest BCUT2D eigenvalue weighted by Gasteiger charge is 2.18. The zero-order chi connectivity index (χ0) is 13.3. The summed E-state index contributed by atoms with van der Waals surface area (Å²) in [5, 5.41) is 9.13. The highest BCUT2D eigenvalue weighted by molar-refractivity contribution is 6.31. The Labute approximate surface area is 111 Å². The van der Waals surface area contributed by atoms with Gasteiger partial charge in [-0.05, 0) is 6.92 Å². The van der Waals surface area contributed by atoms with Crippen molar-refractivity contribution in [3.05, 3.63) is 34.4 Å². The third-order valence-electron chi connectivity index (χ3n) is 2.99. The Morgan fingerprint density at radius 1 is 1.50 bits per heavy atom. The van der Waals surface area contributed by atoms with Crippen LogP contribution in [0, 0.1) is 6.92 Å². The summed E-state index contributed by atoms with van der Waals surface area (Å²) in [4.78, 5) is 0. The van der Waals surface area contributed by atoms with Crippen LogP contribution in [0.1, 0.15) is 23.0 Å². The summed E-state index contributed by atoms with van der Waals surface area (Å²) in [5.41, 5.74) is 5.60. The average molecular weight is 269 g/mol. The molecule has 2 rings (SSSR count). The van der Waals surface area contributed by atoms with Gasteiger partial charge in [-0.3, -0.25) is 20.6 Å². The largest absolute Gasteiger partial charge is 0.275 e. The number of hydrogen-bond donors (Lipinski definition) is 2. The first kappa shape index (κ1) is 13.1. The van der Waals surface area contributed by atoms with Crippen LogP contribution in [0.3, 0.4) is 0 Å². The molecule has 98 valence electrons. The van der Waals surface area contributed by atoms with Crippen molar-refractivity contribution in [2.45, 2.75) is 19.4 Å². The van der Waals surface area contributed by atoms with Gasteiger partial charge in [0.2, 0.25) is 0 Å². The number of nitrogens with zero attached hydrogens (tertiary/aromatic N) is 4. The predicted molar refractivity (Wildman–Crippen MR) is 69.9 cm³/mol. The van der Waals surface area contributed by atoms with Crippen molar-refractivity contribution in [3.63, 3.8) is 0 Å². The molecule has 6 nitrogen and oxygen atoms in total. The topological polar surface area (TPSA) is 73.7 Å². The first-order chi connectivity index (χ1) is 8.52. The number of halogens is 1. The fraction of sp³-hybridized carbons (Fsp3) is 0.455. The molecule has 0 fully saturated rings. The van der Waals surface area contributed by atoms with Crippen LogP contribution in [-0.4, -0.2) is 19.6 Å². The molecule has 0 aromatic carbocycles. The molecule has 0 amide bonds. The summed E-state index contributed by atoms with van der Waals surface area (Å²) >= 11 is 6.24. The van der Waals surface area contributed by atoms with Crippen LogP contribution in [0.15, 0.2) is 12.4 Å². The van der Waals surface area contributed by atoms with Crippen molar-refractivity contribution in [1.29, 1.82) is 0 Å². The lowest BCUT2D eigenvalue weighted by molar-refractivity contribution is 0.529. The van der Waals surface area contributed by atoms with Crippen molar-refractivity contribution in [3.8, 4) is 0 Å². The number of aryl methyl sites for hydroxylation is 3. The van der Waals surface area contributed by atoms with Crippen molar-refractivity contribution in [2.24, 2.45) is 19.9 Å². The monoisotopic (exact) mass is 268 g/mol. The minimum Gasteiger partial charge on any atom is -0.275 e. The minimum absolute atomic E-state index is 0.0361. The zero-order valence-electron chi connectivity index (χ0n) is 10.7. The average Bonchev–Trinajstić information content (AvgIpc) is 2.84. The molecule has 7 heteroatoms. The van der Waals surface area contributed by atoms with E-state index in [9.17, 15) is 0 Å². The summed E-state index contributed by atoms with van der Waals surface area (Å²) in [6.07, 6.45) is 4.39. The van der Waals surface area contributed by atoms with Gasteiger partial charge in [-0.25, -0.2) is 0 Å². The number of nitrogens with two attached hydrogens (primary N) is 1. The number of hydrogen-bond acceptors (Lipinski definition) is 4. The van der Waals surface area contributed by atoms with Crippen LogP contribution < -0.4 is 11.3 Å². The lowest BCUT2D eigenvalue weighted by atomic mass is 10.1. The van der Waals surface area contributed by atoms with Crippen LogP contribution >= 0.6 is 11.6 Å². The van der Waals surface area contributed by atoms with Gasteiger partial charge in [0.25, 0.3) is 0 Å². The number of hydrazine groups is 1. The van der Waals surface area contributed by atoms with Crippen molar-refractivity contribution >= 4 is 11.6 Å². The van der Waals surface area contributed by atoms with E-state index >= 15 is 0 Å². The number of aromatic nitrogens is 4. The Kier molecular flexibility index (Phi) is 3.70. The maximum atomic E-state index is 6.24. The third-order valence-corrected chi connectivity index (χ3v) is 3.48. The van der Waals surface area contributed by atoms with Gasteiger partial charge in [0, 0.05) is 32.3 Å². The summed E-state index contributed by atoms with van der Waals surface area (Å²) in [6.45, 7) is 1.89. The molecule has 0 bridgehead atoms. The molecule has 18 heavy (non-hydrogen) atoms. The maximum absolute atomic E-state index is 6.24. The van der Waals surface area contributed by atoms with Gasteiger partial charge < -0.3 is 0 Å². The minimum atomic E-state index is -0.0361. The molecule has 0 aliphatic heterocycles. The first-order valence-corrected chi connectivity index (χ1v) is 6.03. The van der Waals surface area contributed by atoms with Gasteiger partial charge in [-0.1, -0.05) is 11.6 Å². The molecule has 1 unspecified atom stereocenters. The summed E-state index contributed by atoms with van der Waals surface area (Å²) < 4.78 is 3.54. The quantitative estimate of drug-likeness (QED) is 0.637. The Morgan fingerprint density at radius 2 is 2.22 bits per heavy atom. The van der Waals surface area contributed by atoms with E-state index < -0.39 is 0 Å². The number of rotatable bonds is 4. The molecule has 2 aromatic heterocycles. The van der Waals surface area contributed by atoms with Crippen LogP contribution in [0.25, 0.3) is 0 Å². The Morgan fingerprint density at radius 3 is 2.67 bits per heavy atom. The molecule has 1 atom stereocenters. The van der Waals surface area contributed by atoms with E-state index in [-0.39, 0.29) is 6.04 Å². The van der Waals surface area contributed by atoms with Gasteiger partial charge in [0.1, 0.15) is 0 Å². The molecular weight excluding hydrogens is 252 g/mol. The predicted octanol–water partition coefficient (Wildman–Crippen LogP) is 0.863. The SMILES string of the molecule is Cc1nn(C)c(CC(NN)c2cnn(C)c2)c1Cl. The summed E-state index contributed by atoms with van der Waals surface area (Å²) in [6, 6.07) is -0.0361. The standard InChI is InChI=1S/C11H17ClN6/c1-7-11(12)10(18(3)16-7)4-9(15-13)8-5-14-17(2)6-8/h5-6,9,15H,4,13H2,1-3H3. The van der Waals surface area contributed by atoms with Crippen LogP contribution in [0.4, 0.5) is 0 Å². The van der Waals surface area contributed by atoms with Crippen molar-refractivity contribution in [1.82, 2.24) is 25.0 Å². The summed E-state index contributed by atoms with van der Waals surface area (Å²) in [7, 11) is 3.75. The lowest BCUT2D eigenvalue weighted by Crippen LogP contribution is -2.30. The number of nitrogens with one attached hydrogen (secondary N) is 1. The van der Waals surface area contributed by atoms with Gasteiger partial charge in [0.05, 0.1) is 28.6 Å². The van der Waals surface area contributed by atoms with E-state index in [1.807, 2.05) is 27.2 Å². The van der Waals surface area contributed by atoms with E-state index in [1.165, 1.54) is 0 Å². The zero-order valence-corrected chi connectivity index (χ0v) is 11.4. The highest BCUT2D eigenvalue weighted by Crippen LogP contribution is 2.24. The smallest absolute Gasteiger partial charge is 0.0847 e. The van der Waals surface area contributed by atoms with Gasteiger partial charge >= 0.3 is 0 Å². The molecule has 0 saturated carbocycles. The van der Waals surface area contributed by atoms with Gasteiger partial charge in [0.15, 0.2) is 0 Å². The molecule has 0 spiro atoms. The van der Waals surface area contributed by atoms with E-state index in [2.05, 4.69) is 15.6 Å². The molecule has 0 saturated heterocycles. The first-order valence-electron chi connectivity index (χ1n) is 5.65. The molecular formula is C11H17ClN6. The normalized spacial score (nSPS) is 12.9. The van der Waals surface area contributed by atoms with Crippen LogP contribution in [-0.2, 0) is 20.5 Å². The second-order valence-corrected chi connectivity index (χ2v) is 4.72. The van der Waals surface area contributed by atoms with E-state index in [0.29, 0.717) is 11.4 Å². The molecule has 0 aliphatic carbocycles. The fourth-order valence-corrected chi connectivity index (χ4v) is 2.23. The van der Waals surface area contributed by atoms with E-state index in [4.69, 9.17) is 17.4 Å². The van der Waals surface area contributed by atoms with Crippen molar-refractivity contribution < 1.29 is 0 Å². The lowest BCUT2D eigenvalue weighted by Gasteiger charge is -2.14. The molecule has 2 aromatic rings. The second-order valence-electron chi connectivity index (χ2n) is 4.34. The van der Waals surface area contributed by atoms with Gasteiger partial charge in [-0.15, -0.1) is 0 Å². The third kappa shape index (κ3) is 2.40. The maximum Gasteiger partial charge on any atom is 0.0847 e. The molecule has 0 aliphatic rings. The van der Waals surface area contributed by atoms with Crippen LogP contribution in [0.5, 0.6) is 0 Å². The Bertz CT molecular complexity index is 544. The summed E-state index contributed by atoms with van der Waals surface area (Å²) in [5.74, 6) is 5.61. The van der Waals surface area contributed by atoms with Gasteiger partial charge in [-0.2, -0.15) is 10.2 Å². The van der Waals surface area contributed by atoms with E-state index in [0.717, 1.165) is 17.0 Å². The van der Waals surface area contributed by atoms with Crippen molar-refractivity contribution in [2.75, 3.05) is 0 Å². The fourth-order valence-electron chi connectivity index (χ4n) is 1.99. The molecule has 2 heterocycles. The Hall–Kier alpha value is -1.37. The second kappa shape index (κ2) is 5.09. The molecule has 0 radical (unpaired) electrons. The Balaban J connectivity index is 2.25. The molecule has 3 N–H and O–H groups in total. The van der Waals surface area contributed by atoms with E-state index in [1.54, 1.807) is 15.6 Å². The highest BCUT2D eigenvalue weighted by atomic mass is 35.5.